The van der Waals surface area contributed by atoms with Gasteiger partial charge in [0.25, 0.3) is 0 Å². The van der Waals surface area contributed by atoms with E-state index in [9.17, 15) is 8.42 Å². The average Bonchev–Trinajstić information content (AvgIpc) is 3.02. The van der Waals surface area contributed by atoms with Crippen LogP contribution in [0.25, 0.3) is 0 Å². The van der Waals surface area contributed by atoms with E-state index < -0.39 is 28.1 Å². The van der Waals surface area contributed by atoms with Gasteiger partial charge in [-0.1, -0.05) is 121 Å². The molecule has 6 nitrogen and oxygen atoms in total. The molecular weight excluding hydrogens is 560 g/mol. The largest absolute Gasteiger partial charge is 0.473 e. The van der Waals surface area contributed by atoms with Crippen LogP contribution >= 0.6 is 11.6 Å². The second-order valence-electron chi connectivity index (χ2n) is 9.59. The Kier molecular flexibility index (Phi) is 9.88. The van der Waals surface area contributed by atoms with Crippen molar-refractivity contribution in [2.45, 2.75) is 43.0 Å². The van der Waals surface area contributed by atoms with Crippen LogP contribution in [-0.2, 0) is 48.6 Å². The Hall–Kier alpha value is -3.46. The summed E-state index contributed by atoms with van der Waals surface area (Å²) in [5.41, 5.74) is 2.84. The third-order valence-electron chi connectivity index (χ3n) is 6.62. The van der Waals surface area contributed by atoms with Gasteiger partial charge in [0, 0.05) is 0 Å². The molecule has 0 spiro atoms. The lowest BCUT2D eigenvalue weighted by Gasteiger charge is -2.38. The number of ether oxygens (including phenoxy) is 4. The molecule has 0 N–H and O–H groups in total. The van der Waals surface area contributed by atoms with Crippen molar-refractivity contribution in [1.82, 2.24) is 0 Å². The van der Waals surface area contributed by atoms with Crippen molar-refractivity contribution in [3.05, 3.63) is 148 Å². The van der Waals surface area contributed by atoms with E-state index >= 15 is 0 Å². The summed E-state index contributed by atoms with van der Waals surface area (Å²) in [6, 6.07) is 37.1. The Morgan fingerprint density at radius 1 is 0.634 bits per heavy atom. The van der Waals surface area contributed by atoms with Gasteiger partial charge in [-0.3, -0.25) is 0 Å². The molecule has 1 aliphatic heterocycles. The Labute approximate surface area is 246 Å². The highest BCUT2D eigenvalue weighted by Gasteiger charge is 2.45. The summed E-state index contributed by atoms with van der Waals surface area (Å²) >= 11 is 6.85. The molecule has 0 unspecified atom stereocenters. The number of hydrogen-bond donors (Lipinski definition) is 0. The van der Waals surface area contributed by atoms with Gasteiger partial charge in [0.15, 0.2) is 6.10 Å². The van der Waals surface area contributed by atoms with E-state index in [1.54, 1.807) is 18.2 Å². The number of rotatable bonds is 12. The fourth-order valence-corrected chi connectivity index (χ4v) is 6.39. The first-order valence-corrected chi connectivity index (χ1v) is 15.2. The molecule has 0 aromatic heterocycles. The van der Waals surface area contributed by atoms with Crippen LogP contribution < -0.4 is 0 Å². The first-order valence-electron chi connectivity index (χ1n) is 13.3. The minimum Gasteiger partial charge on any atom is -0.473 e. The van der Waals surface area contributed by atoms with Crippen molar-refractivity contribution in [3.8, 4) is 0 Å². The van der Waals surface area contributed by atoms with Crippen LogP contribution in [0.1, 0.15) is 16.7 Å². The Morgan fingerprint density at radius 2 is 1.10 bits per heavy atom. The molecule has 3 atom stereocenters. The van der Waals surface area contributed by atoms with E-state index in [0.29, 0.717) is 6.61 Å². The lowest BCUT2D eigenvalue weighted by atomic mass is 10.0. The molecule has 4 aromatic carbocycles. The SMILES string of the molecule is O=S(=O)(C1=C(Cl)[C@@H](OCc2ccccc2)[C@H](OCc2ccccc2)[C@@H](COCc2ccccc2)O1)c1ccccc1. The third kappa shape index (κ3) is 7.44. The van der Waals surface area contributed by atoms with Gasteiger partial charge >= 0.3 is 0 Å². The Bertz CT molecular complexity index is 1510. The molecule has 0 radical (unpaired) electrons. The van der Waals surface area contributed by atoms with Crippen molar-refractivity contribution < 1.29 is 27.4 Å². The summed E-state index contributed by atoms with van der Waals surface area (Å²) in [4.78, 5) is 0.0718. The summed E-state index contributed by atoms with van der Waals surface area (Å²) in [5.74, 6) is 0. The monoisotopic (exact) mass is 590 g/mol. The number of sulfone groups is 1. The number of halogens is 1. The lowest BCUT2D eigenvalue weighted by molar-refractivity contribution is -0.151. The highest BCUT2D eigenvalue weighted by molar-refractivity contribution is 7.95. The first-order chi connectivity index (χ1) is 20.0. The Balaban J connectivity index is 1.48. The van der Waals surface area contributed by atoms with Gasteiger partial charge in [0.2, 0.25) is 14.9 Å². The van der Waals surface area contributed by atoms with E-state index in [0.717, 1.165) is 16.7 Å². The molecule has 1 heterocycles. The van der Waals surface area contributed by atoms with Crippen molar-refractivity contribution in [2.75, 3.05) is 6.61 Å². The fraction of sp³-hybridized carbons (Fsp3) is 0.212. The quantitative estimate of drug-likeness (QED) is 0.184. The Morgan fingerprint density at radius 3 is 1.63 bits per heavy atom. The second-order valence-corrected chi connectivity index (χ2v) is 11.8. The number of benzene rings is 4. The van der Waals surface area contributed by atoms with Crippen molar-refractivity contribution in [1.29, 1.82) is 0 Å². The van der Waals surface area contributed by atoms with Crippen molar-refractivity contribution in [3.63, 3.8) is 0 Å². The van der Waals surface area contributed by atoms with E-state index in [-0.39, 0.29) is 34.8 Å². The standard InChI is InChI=1S/C33H31ClO6S/c34-30-32(39-23-27-17-9-3-10-18-27)31(38-22-26-15-7-2-8-16-26)29(24-37-21-25-13-5-1-6-14-25)40-33(30)41(35,36)28-19-11-4-12-20-28/h1-20,29,31-32H,21-24H2/t29-,31-,32-/m1/s1. The molecule has 0 amide bonds. The maximum Gasteiger partial charge on any atom is 0.240 e. The topological polar surface area (TPSA) is 71.1 Å². The average molecular weight is 591 g/mol. The predicted octanol–water partition coefficient (Wildman–Crippen LogP) is 6.65. The molecule has 0 bridgehead atoms. The second kappa shape index (κ2) is 13.9. The zero-order chi connectivity index (χ0) is 28.5. The lowest BCUT2D eigenvalue weighted by Crippen LogP contribution is -2.49. The molecular formula is C33H31ClO6S. The van der Waals surface area contributed by atoms with Crippen LogP contribution in [-0.4, -0.2) is 33.3 Å². The molecule has 5 rings (SSSR count). The van der Waals surface area contributed by atoms with E-state index in [1.165, 1.54) is 12.1 Å². The van der Waals surface area contributed by atoms with Gasteiger partial charge in [-0.05, 0) is 28.8 Å². The summed E-state index contributed by atoms with van der Waals surface area (Å²) in [7, 11) is -4.09. The molecule has 1 aliphatic rings. The van der Waals surface area contributed by atoms with E-state index in [2.05, 4.69) is 0 Å². The fourth-order valence-electron chi connectivity index (χ4n) is 4.50. The summed E-state index contributed by atoms with van der Waals surface area (Å²) in [5, 5.41) is -0.418. The minimum absolute atomic E-state index is 0.0531. The summed E-state index contributed by atoms with van der Waals surface area (Å²) in [6.45, 7) is 0.820. The molecule has 0 saturated carbocycles. The highest BCUT2D eigenvalue weighted by Crippen LogP contribution is 2.37. The van der Waals surface area contributed by atoms with Crippen LogP contribution in [0.4, 0.5) is 0 Å². The molecule has 212 valence electrons. The molecule has 41 heavy (non-hydrogen) atoms. The van der Waals surface area contributed by atoms with Crippen LogP contribution in [0.15, 0.2) is 136 Å². The minimum atomic E-state index is -4.09. The van der Waals surface area contributed by atoms with Crippen molar-refractivity contribution >= 4 is 21.4 Å². The maximum absolute atomic E-state index is 13.7. The molecule has 0 fully saturated rings. The zero-order valence-corrected chi connectivity index (χ0v) is 23.9. The summed E-state index contributed by atoms with van der Waals surface area (Å²) < 4.78 is 52.4. The van der Waals surface area contributed by atoms with Crippen molar-refractivity contribution in [2.24, 2.45) is 0 Å². The van der Waals surface area contributed by atoms with E-state index in [1.807, 2.05) is 91.0 Å². The maximum atomic E-state index is 13.7. The van der Waals surface area contributed by atoms with Gasteiger partial charge in [0.05, 0.1) is 31.3 Å². The van der Waals surface area contributed by atoms with Gasteiger partial charge in [-0.15, -0.1) is 0 Å². The van der Waals surface area contributed by atoms with Gasteiger partial charge in [0.1, 0.15) is 17.2 Å². The van der Waals surface area contributed by atoms with Crippen LogP contribution in [0.2, 0.25) is 0 Å². The molecule has 0 aliphatic carbocycles. The first kappa shape index (κ1) is 29.0. The van der Waals surface area contributed by atoms with Gasteiger partial charge < -0.3 is 18.9 Å². The highest BCUT2D eigenvalue weighted by atomic mass is 35.5. The van der Waals surface area contributed by atoms with Crippen LogP contribution in [0.3, 0.4) is 0 Å². The normalized spacial score (nSPS) is 19.1. The third-order valence-corrected chi connectivity index (χ3v) is 8.81. The van der Waals surface area contributed by atoms with Gasteiger partial charge in [-0.2, -0.15) is 0 Å². The zero-order valence-electron chi connectivity index (χ0n) is 22.3. The number of hydrogen-bond acceptors (Lipinski definition) is 6. The van der Waals surface area contributed by atoms with Crippen LogP contribution in [0, 0.1) is 0 Å². The van der Waals surface area contributed by atoms with Gasteiger partial charge in [-0.25, -0.2) is 8.42 Å². The molecule has 8 heteroatoms. The summed E-state index contributed by atoms with van der Waals surface area (Å²) in [6.07, 6.45) is -2.50. The smallest absolute Gasteiger partial charge is 0.240 e. The molecule has 0 saturated heterocycles. The van der Waals surface area contributed by atoms with E-state index in [4.69, 9.17) is 30.5 Å². The van der Waals surface area contributed by atoms with Crippen LogP contribution in [0.5, 0.6) is 0 Å². The predicted molar refractivity (Wildman–Crippen MR) is 158 cm³/mol. The molecule has 4 aromatic rings.